The summed E-state index contributed by atoms with van der Waals surface area (Å²) in [4.78, 5) is 34.1. The Morgan fingerprint density at radius 2 is 2.10 bits per heavy atom. The highest BCUT2D eigenvalue weighted by molar-refractivity contribution is 5.89. The molecule has 0 unspecified atom stereocenters. The van der Waals surface area contributed by atoms with E-state index in [1.165, 1.54) is 6.20 Å². The van der Waals surface area contributed by atoms with E-state index in [1.54, 1.807) is 24.4 Å². The van der Waals surface area contributed by atoms with Gasteiger partial charge in [0.05, 0.1) is 23.8 Å². The van der Waals surface area contributed by atoms with E-state index in [-0.39, 0.29) is 5.91 Å². The molecule has 0 spiro atoms. The summed E-state index contributed by atoms with van der Waals surface area (Å²) in [5.41, 5.74) is 3.06. The fraction of sp³-hybridized carbons (Fsp3) is 0.318. The molecule has 0 bridgehead atoms. The van der Waals surface area contributed by atoms with Gasteiger partial charge in [0.25, 0.3) is 0 Å². The van der Waals surface area contributed by atoms with Gasteiger partial charge in [0.15, 0.2) is 5.82 Å². The lowest BCUT2D eigenvalue weighted by atomic mass is 10.1. The largest absolute Gasteiger partial charge is 0.357 e. The number of aromatic nitrogens is 4. The van der Waals surface area contributed by atoms with Crippen molar-refractivity contribution in [1.29, 1.82) is 0 Å². The van der Waals surface area contributed by atoms with Crippen molar-refractivity contribution in [3.8, 4) is 11.3 Å². The zero-order chi connectivity index (χ0) is 20.9. The smallest absolute Gasteiger partial charge is 0.225 e. The molecule has 1 aliphatic heterocycles. The van der Waals surface area contributed by atoms with Gasteiger partial charge in [-0.05, 0) is 25.8 Å². The predicted molar refractivity (Wildman–Crippen MR) is 115 cm³/mol. The molecule has 1 N–H and O–H groups in total. The van der Waals surface area contributed by atoms with Gasteiger partial charge in [-0.25, -0.2) is 9.67 Å². The molecule has 0 saturated carbocycles. The Balaban J connectivity index is 1.29. The third kappa shape index (κ3) is 4.53. The fourth-order valence-corrected chi connectivity index (χ4v) is 3.65. The first-order valence-electron chi connectivity index (χ1n) is 10.1. The summed E-state index contributed by atoms with van der Waals surface area (Å²) in [5, 5.41) is 7.30. The molecule has 1 aromatic carbocycles. The molecule has 2 aromatic heterocycles. The minimum atomic E-state index is -0.0818. The van der Waals surface area contributed by atoms with Crippen LogP contribution in [0.25, 0.3) is 11.3 Å². The second-order valence-electron chi connectivity index (χ2n) is 7.39. The fourth-order valence-electron chi connectivity index (χ4n) is 3.65. The summed E-state index contributed by atoms with van der Waals surface area (Å²) in [5.74, 6) is 1.47. The summed E-state index contributed by atoms with van der Waals surface area (Å²) in [6.07, 6.45) is 6.15. The second-order valence-corrected chi connectivity index (χ2v) is 7.39. The van der Waals surface area contributed by atoms with E-state index in [0.29, 0.717) is 23.5 Å². The SMILES string of the molecule is Cc1cc2n(n1)CCCN2CCCC(=O)Nc1cnc(-c2cccc(C=O)c2)cn1. The summed E-state index contributed by atoms with van der Waals surface area (Å²) in [6.45, 7) is 4.76. The molecule has 0 atom stereocenters. The highest BCUT2D eigenvalue weighted by Crippen LogP contribution is 2.22. The van der Waals surface area contributed by atoms with Crippen LogP contribution in [0.15, 0.2) is 42.7 Å². The molecule has 1 amide bonds. The van der Waals surface area contributed by atoms with Gasteiger partial charge in [-0.15, -0.1) is 0 Å². The van der Waals surface area contributed by atoms with Crippen molar-refractivity contribution in [3.05, 3.63) is 54.0 Å². The number of anilines is 2. The van der Waals surface area contributed by atoms with Crippen LogP contribution in [0.5, 0.6) is 0 Å². The Labute approximate surface area is 175 Å². The first-order valence-corrected chi connectivity index (χ1v) is 10.1. The molecule has 8 nitrogen and oxygen atoms in total. The topological polar surface area (TPSA) is 93.0 Å². The number of benzene rings is 1. The van der Waals surface area contributed by atoms with Crippen molar-refractivity contribution >= 4 is 23.8 Å². The van der Waals surface area contributed by atoms with Gasteiger partial charge in [0.1, 0.15) is 12.1 Å². The van der Waals surface area contributed by atoms with Crippen LogP contribution in [0.4, 0.5) is 11.6 Å². The first kappa shape index (κ1) is 19.8. The Bertz CT molecular complexity index is 1040. The molecule has 8 heteroatoms. The van der Waals surface area contributed by atoms with Crippen molar-refractivity contribution in [2.75, 3.05) is 23.3 Å². The van der Waals surface area contributed by atoms with Crippen molar-refractivity contribution in [2.45, 2.75) is 32.7 Å². The molecule has 3 aromatic rings. The summed E-state index contributed by atoms with van der Waals surface area (Å²) >= 11 is 0. The molecule has 0 fully saturated rings. The number of rotatable bonds is 7. The molecule has 0 radical (unpaired) electrons. The molecule has 3 heterocycles. The summed E-state index contributed by atoms with van der Waals surface area (Å²) in [6, 6.07) is 9.25. The third-order valence-corrected chi connectivity index (χ3v) is 5.07. The maximum absolute atomic E-state index is 12.3. The summed E-state index contributed by atoms with van der Waals surface area (Å²) in [7, 11) is 0. The van der Waals surface area contributed by atoms with Crippen molar-refractivity contribution in [1.82, 2.24) is 19.7 Å². The van der Waals surface area contributed by atoms with Gasteiger partial charge in [0, 0.05) is 43.2 Å². The highest BCUT2D eigenvalue weighted by Gasteiger charge is 2.18. The average molecular weight is 404 g/mol. The number of aryl methyl sites for hydroxylation is 2. The van der Waals surface area contributed by atoms with Crippen LogP contribution in [0.3, 0.4) is 0 Å². The van der Waals surface area contributed by atoms with Crippen LogP contribution in [0.1, 0.15) is 35.3 Å². The lowest BCUT2D eigenvalue weighted by molar-refractivity contribution is -0.116. The van der Waals surface area contributed by atoms with E-state index in [4.69, 9.17) is 0 Å². The quantitative estimate of drug-likeness (QED) is 0.608. The standard InChI is InChI=1S/C22H24N6O2/c1-16-11-22-27(9-4-10-28(22)26-16)8-3-7-21(30)25-20-14-23-19(13-24-20)18-6-2-5-17(12-18)15-29/h2,5-6,11-15H,3-4,7-10H2,1H3,(H,24,25,30). The monoisotopic (exact) mass is 404 g/mol. The van der Waals surface area contributed by atoms with Crippen LogP contribution < -0.4 is 10.2 Å². The van der Waals surface area contributed by atoms with E-state index in [9.17, 15) is 9.59 Å². The number of hydrogen-bond acceptors (Lipinski definition) is 6. The van der Waals surface area contributed by atoms with Gasteiger partial charge >= 0.3 is 0 Å². The normalized spacial score (nSPS) is 13.0. The first-order chi connectivity index (χ1) is 14.6. The Kier molecular flexibility index (Phi) is 5.83. The lowest BCUT2D eigenvalue weighted by Gasteiger charge is -2.29. The number of nitrogens with one attached hydrogen (secondary N) is 1. The maximum atomic E-state index is 12.3. The van der Waals surface area contributed by atoms with Crippen molar-refractivity contribution in [2.24, 2.45) is 0 Å². The van der Waals surface area contributed by atoms with Gasteiger partial charge in [-0.3, -0.25) is 14.6 Å². The molecule has 0 aliphatic carbocycles. The molecule has 0 saturated heterocycles. The van der Waals surface area contributed by atoms with E-state index in [2.05, 4.69) is 31.3 Å². The molecule has 30 heavy (non-hydrogen) atoms. The molecule has 154 valence electrons. The lowest BCUT2D eigenvalue weighted by Crippen LogP contribution is -2.33. The minimum absolute atomic E-state index is 0.0818. The molecular formula is C22H24N6O2. The van der Waals surface area contributed by atoms with Crippen LogP contribution in [0, 0.1) is 6.92 Å². The van der Waals surface area contributed by atoms with Crippen LogP contribution in [-0.2, 0) is 11.3 Å². The average Bonchev–Trinajstić information content (AvgIpc) is 3.15. The number of amides is 1. The molecular weight excluding hydrogens is 380 g/mol. The van der Waals surface area contributed by atoms with Crippen molar-refractivity contribution in [3.63, 3.8) is 0 Å². The van der Waals surface area contributed by atoms with Crippen LogP contribution in [0.2, 0.25) is 0 Å². The van der Waals surface area contributed by atoms with Gasteiger partial charge in [0.2, 0.25) is 5.91 Å². The highest BCUT2D eigenvalue weighted by atomic mass is 16.1. The number of nitrogens with zero attached hydrogens (tertiary/aromatic N) is 5. The van der Waals surface area contributed by atoms with Crippen LogP contribution >= 0.6 is 0 Å². The third-order valence-electron chi connectivity index (χ3n) is 5.07. The van der Waals surface area contributed by atoms with Gasteiger partial charge in [-0.1, -0.05) is 18.2 Å². The van der Waals surface area contributed by atoms with E-state index in [0.717, 1.165) is 55.8 Å². The van der Waals surface area contributed by atoms with Crippen LogP contribution in [-0.4, -0.2) is 45.0 Å². The predicted octanol–water partition coefficient (Wildman–Crippen LogP) is 3.09. The number of aldehydes is 1. The van der Waals surface area contributed by atoms with Crippen molar-refractivity contribution < 1.29 is 9.59 Å². The molecule has 1 aliphatic rings. The number of carbonyl (C=O) groups excluding carboxylic acids is 2. The minimum Gasteiger partial charge on any atom is -0.357 e. The van der Waals surface area contributed by atoms with Gasteiger partial charge in [-0.2, -0.15) is 5.10 Å². The zero-order valence-electron chi connectivity index (χ0n) is 16.9. The van der Waals surface area contributed by atoms with Gasteiger partial charge < -0.3 is 10.2 Å². The number of hydrogen-bond donors (Lipinski definition) is 1. The van der Waals surface area contributed by atoms with E-state index >= 15 is 0 Å². The Morgan fingerprint density at radius 3 is 2.90 bits per heavy atom. The number of fused-ring (bicyclic) bond motifs is 1. The number of carbonyl (C=O) groups is 2. The second kappa shape index (κ2) is 8.86. The maximum Gasteiger partial charge on any atom is 0.225 e. The zero-order valence-corrected chi connectivity index (χ0v) is 16.9. The Morgan fingerprint density at radius 1 is 1.20 bits per heavy atom. The Hall–Kier alpha value is -3.55. The molecule has 4 rings (SSSR count). The van der Waals surface area contributed by atoms with E-state index < -0.39 is 0 Å². The summed E-state index contributed by atoms with van der Waals surface area (Å²) < 4.78 is 2.04. The van der Waals surface area contributed by atoms with E-state index in [1.807, 2.05) is 17.7 Å².